The minimum Gasteiger partial charge on any atom is -0.466 e. The number of thioether (sulfide) groups is 1. The number of fused-ring (bicyclic) bond motifs is 1. The summed E-state index contributed by atoms with van der Waals surface area (Å²) in [5.41, 5.74) is 0.826. The van der Waals surface area contributed by atoms with E-state index in [1.54, 1.807) is 22.9 Å². The molecule has 0 aromatic carbocycles. The molecule has 146 valence electrons. The van der Waals surface area contributed by atoms with E-state index in [0.29, 0.717) is 44.8 Å². The van der Waals surface area contributed by atoms with Gasteiger partial charge in [-0.2, -0.15) is 0 Å². The SMILES string of the molecule is CCOC(=O)C1CCCN(C(=O)CCCN2C(=O)CSc3ncccc32)C1. The van der Waals surface area contributed by atoms with Gasteiger partial charge in [0.05, 0.1) is 24.0 Å². The molecule has 1 aromatic heterocycles. The van der Waals surface area contributed by atoms with Gasteiger partial charge in [-0.15, -0.1) is 0 Å². The minimum atomic E-state index is -0.221. The molecule has 0 aliphatic carbocycles. The molecule has 8 heteroatoms. The van der Waals surface area contributed by atoms with Crippen LogP contribution < -0.4 is 4.90 Å². The zero-order valence-corrected chi connectivity index (χ0v) is 16.4. The fraction of sp³-hybridized carbons (Fsp3) is 0.579. The van der Waals surface area contributed by atoms with Crippen LogP contribution in [0, 0.1) is 5.92 Å². The molecule has 27 heavy (non-hydrogen) atoms. The Kier molecular flexibility index (Phi) is 6.71. The van der Waals surface area contributed by atoms with Gasteiger partial charge in [0.2, 0.25) is 11.8 Å². The lowest BCUT2D eigenvalue weighted by Crippen LogP contribution is -2.43. The summed E-state index contributed by atoms with van der Waals surface area (Å²) in [5.74, 6) is 0.0324. The van der Waals surface area contributed by atoms with Crippen LogP contribution >= 0.6 is 11.8 Å². The molecule has 2 aliphatic rings. The van der Waals surface area contributed by atoms with Crippen molar-refractivity contribution in [2.75, 3.05) is 36.9 Å². The number of pyridine rings is 1. The third kappa shape index (κ3) is 4.80. The molecule has 2 amide bonds. The van der Waals surface area contributed by atoms with Crippen LogP contribution in [0.2, 0.25) is 0 Å². The maximum atomic E-state index is 12.5. The van der Waals surface area contributed by atoms with Crippen molar-refractivity contribution in [3.63, 3.8) is 0 Å². The number of hydrogen-bond donors (Lipinski definition) is 0. The van der Waals surface area contributed by atoms with E-state index >= 15 is 0 Å². The predicted octanol–water partition coefficient (Wildman–Crippen LogP) is 2.10. The van der Waals surface area contributed by atoms with E-state index in [1.807, 2.05) is 12.1 Å². The number of hydrogen-bond acceptors (Lipinski definition) is 6. The standard InChI is InChI=1S/C19H25N3O4S/c1-2-26-19(25)14-6-4-10-21(12-14)16(23)8-5-11-22-15-7-3-9-20-18(15)27-13-17(22)24/h3,7,9,14H,2,4-6,8,10-13H2,1H3. The van der Waals surface area contributed by atoms with Gasteiger partial charge in [-0.3, -0.25) is 14.4 Å². The normalized spacial score (nSPS) is 19.6. The van der Waals surface area contributed by atoms with Crippen LogP contribution in [-0.2, 0) is 19.1 Å². The minimum absolute atomic E-state index is 0.0363. The van der Waals surface area contributed by atoms with Crippen LogP contribution in [-0.4, -0.2) is 59.7 Å². The number of esters is 1. The van der Waals surface area contributed by atoms with Gasteiger partial charge < -0.3 is 14.5 Å². The number of rotatable bonds is 6. The van der Waals surface area contributed by atoms with Gasteiger partial charge in [-0.1, -0.05) is 11.8 Å². The summed E-state index contributed by atoms with van der Waals surface area (Å²) < 4.78 is 5.09. The first-order valence-corrected chi connectivity index (χ1v) is 10.4. The highest BCUT2D eigenvalue weighted by Crippen LogP contribution is 2.33. The van der Waals surface area contributed by atoms with Crippen LogP contribution in [0.15, 0.2) is 23.4 Å². The fourth-order valence-corrected chi connectivity index (χ4v) is 4.37. The molecule has 3 rings (SSSR count). The van der Waals surface area contributed by atoms with Gasteiger partial charge in [0, 0.05) is 32.3 Å². The quantitative estimate of drug-likeness (QED) is 0.691. The molecule has 1 atom stereocenters. The largest absolute Gasteiger partial charge is 0.466 e. The molecule has 0 N–H and O–H groups in total. The van der Waals surface area contributed by atoms with E-state index in [2.05, 4.69) is 4.98 Å². The number of nitrogens with zero attached hydrogens (tertiary/aromatic N) is 3. The molecule has 7 nitrogen and oxygen atoms in total. The molecule has 1 aromatic rings. The number of carbonyl (C=O) groups is 3. The fourth-order valence-electron chi connectivity index (χ4n) is 3.49. The number of piperidine rings is 1. The van der Waals surface area contributed by atoms with Crippen molar-refractivity contribution >= 4 is 35.2 Å². The van der Waals surface area contributed by atoms with E-state index in [-0.39, 0.29) is 23.7 Å². The zero-order valence-electron chi connectivity index (χ0n) is 15.6. The van der Waals surface area contributed by atoms with Crippen LogP contribution in [0.25, 0.3) is 0 Å². The van der Waals surface area contributed by atoms with Crippen molar-refractivity contribution in [3.8, 4) is 0 Å². The number of likely N-dealkylation sites (tertiary alicyclic amines) is 1. The average Bonchev–Trinajstić information content (AvgIpc) is 2.70. The van der Waals surface area contributed by atoms with Gasteiger partial charge in [-0.05, 0) is 38.3 Å². The number of ether oxygens (including phenoxy) is 1. The Bertz CT molecular complexity index is 712. The lowest BCUT2D eigenvalue weighted by Gasteiger charge is -2.32. The van der Waals surface area contributed by atoms with Gasteiger partial charge in [0.15, 0.2) is 0 Å². The van der Waals surface area contributed by atoms with E-state index < -0.39 is 0 Å². The molecule has 2 aliphatic heterocycles. The lowest BCUT2D eigenvalue weighted by molar-refractivity contribution is -0.151. The van der Waals surface area contributed by atoms with E-state index in [9.17, 15) is 14.4 Å². The second-order valence-corrected chi connectivity index (χ2v) is 7.66. The van der Waals surface area contributed by atoms with Crippen LogP contribution in [0.4, 0.5) is 5.69 Å². The van der Waals surface area contributed by atoms with Crippen LogP contribution in [0.5, 0.6) is 0 Å². The number of carbonyl (C=O) groups excluding carboxylic acids is 3. The highest BCUT2D eigenvalue weighted by Gasteiger charge is 2.30. The van der Waals surface area contributed by atoms with Crippen molar-refractivity contribution in [2.45, 2.75) is 37.6 Å². The Hall–Kier alpha value is -2.09. The lowest BCUT2D eigenvalue weighted by atomic mass is 9.98. The van der Waals surface area contributed by atoms with E-state index in [1.165, 1.54) is 11.8 Å². The third-order valence-corrected chi connectivity index (χ3v) is 5.82. The second kappa shape index (κ2) is 9.21. The van der Waals surface area contributed by atoms with Crippen molar-refractivity contribution in [3.05, 3.63) is 18.3 Å². The van der Waals surface area contributed by atoms with Gasteiger partial charge in [0.1, 0.15) is 5.03 Å². The predicted molar refractivity (Wildman–Crippen MR) is 102 cm³/mol. The zero-order chi connectivity index (χ0) is 19.2. The number of amides is 2. The monoisotopic (exact) mass is 391 g/mol. The highest BCUT2D eigenvalue weighted by atomic mass is 32.2. The first kappa shape index (κ1) is 19.7. The first-order chi connectivity index (χ1) is 13.1. The van der Waals surface area contributed by atoms with Crippen molar-refractivity contribution < 1.29 is 19.1 Å². The summed E-state index contributed by atoms with van der Waals surface area (Å²) in [6, 6.07) is 3.71. The summed E-state index contributed by atoms with van der Waals surface area (Å²) >= 11 is 1.45. The Morgan fingerprint density at radius 1 is 1.41 bits per heavy atom. The molecule has 0 bridgehead atoms. The molecular weight excluding hydrogens is 366 g/mol. The highest BCUT2D eigenvalue weighted by molar-refractivity contribution is 8.00. The second-order valence-electron chi connectivity index (χ2n) is 6.70. The van der Waals surface area contributed by atoms with Crippen LogP contribution in [0.1, 0.15) is 32.6 Å². The third-order valence-electron chi connectivity index (χ3n) is 4.84. The summed E-state index contributed by atoms with van der Waals surface area (Å²) in [7, 11) is 0. The Morgan fingerprint density at radius 2 is 2.26 bits per heavy atom. The molecule has 0 saturated carbocycles. The van der Waals surface area contributed by atoms with Gasteiger partial charge in [0.25, 0.3) is 0 Å². The number of aromatic nitrogens is 1. The smallest absolute Gasteiger partial charge is 0.310 e. The van der Waals surface area contributed by atoms with Crippen molar-refractivity contribution in [1.29, 1.82) is 0 Å². The van der Waals surface area contributed by atoms with Gasteiger partial charge >= 0.3 is 5.97 Å². The maximum absolute atomic E-state index is 12.5. The average molecular weight is 391 g/mol. The molecule has 1 unspecified atom stereocenters. The molecular formula is C19H25N3O4S. The summed E-state index contributed by atoms with van der Waals surface area (Å²) in [5, 5.41) is 0.858. The van der Waals surface area contributed by atoms with Crippen LogP contribution in [0.3, 0.4) is 0 Å². The molecule has 1 fully saturated rings. The first-order valence-electron chi connectivity index (χ1n) is 9.42. The molecule has 0 spiro atoms. The Morgan fingerprint density at radius 3 is 3.07 bits per heavy atom. The van der Waals surface area contributed by atoms with Crippen molar-refractivity contribution in [1.82, 2.24) is 9.88 Å². The Balaban J connectivity index is 1.51. The Labute approximate surface area is 163 Å². The van der Waals surface area contributed by atoms with E-state index in [4.69, 9.17) is 4.74 Å². The van der Waals surface area contributed by atoms with Gasteiger partial charge in [-0.25, -0.2) is 4.98 Å². The van der Waals surface area contributed by atoms with Crippen molar-refractivity contribution in [2.24, 2.45) is 5.92 Å². The summed E-state index contributed by atoms with van der Waals surface area (Å²) in [4.78, 5) is 44.5. The molecule has 1 saturated heterocycles. The van der Waals surface area contributed by atoms with E-state index in [0.717, 1.165) is 23.6 Å². The summed E-state index contributed by atoms with van der Waals surface area (Å²) in [6.45, 7) is 3.77. The molecule has 3 heterocycles. The topological polar surface area (TPSA) is 79.8 Å². The summed E-state index contributed by atoms with van der Waals surface area (Å²) in [6.07, 6.45) is 4.26. The maximum Gasteiger partial charge on any atom is 0.310 e. The molecule has 0 radical (unpaired) electrons. The number of anilines is 1.